The van der Waals surface area contributed by atoms with E-state index in [9.17, 15) is 24.1 Å². The summed E-state index contributed by atoms with van der Waals surface area (Å²) < 4.78 is 13.5. The molecule has 2 aromatic rings. The number of benzene rings is 2. The molecule has 0 heterocycles. The van der Waals surface area contributed by atoms with E-state index in [2.05, 4.69) is 5.32 Å². The molecule has 2 rings (SSSR count). The highest BCUT2D eigenvalue weighted by Crippen LogP contribution is 2.23. The number of likely N-dealkylation sites (N-methyl/N-ethyl adjacent to an activating group) is 1. The van der Waals surface area contributed by atoms with E-state index in [0.29, 0.717) is 5.56 Å². The normalized spacial score (nSPS) is 10.2. The third-order valence-electron chi connectivity index (χ3n) is 3.60. The first-order chi connectivity index (χ1) is 11.8. The third kappa shape index (κ3) is 4.17. The molecule has 25 heavy (non-hydrogen) atoms. The Kier molecular flexibility index (Phi) is 5.43. The van der Waals surface area contributed by atoms with Gasteiger partial charge >= 0.3 is 0 Å². The fourth-order valence-electron chi connectivity index (χ4n) is 2.24. The zero-order chi connectivity index (χ0) is 18.6. The van der Waals surface area contributed by atoms with Crippen molar-refractivity contribution < 1.29 is 18.9 Å². The van der Waals surface area contributed by atoms with Crippen molar-refractivity contribution in [2.45, 2.75) is 6.92 Å². The lowest BCUT2D eigenvalue weighted by atomic mass is 10.1. The molecule has 0 saturated heterocycles. The number of hydrogen-bond donors (Lipinski definition) is 1. The second-order valence-electron chi connectivity index (χ2n) is 5.30. The van der Waals surface area contributed by atoms with Gasteiger partial charge in [-0.3, -0.25) is 24.6 Å². The summed E-state index contributed by atoms with van der Waals surface area (Å²) in [4.78, 5) is 36.1. The lowest BCUT2D eigenvalue weighted by Crippen LogP contribution is -2.39. The van der Waals surface area contributed by atoms with Crippen molar-refractivity contribution in [3.8, 4) is 0 Å². The predicted molar refractivity (Wildman–Crippen MR) is 90.0 cm³/mol. The number of carbonyl (C=O) groups excluding carboxylic acids is 2. The van der Waals surface area contributed by atoms with Crippen LogP contribution in [-0.4, -0.2) is 30.3 Å². The standard InChI is InChI=1S/C17H16FN3O4/c1-11-6-7-12(8-15(11)21(24)25)17(23)20(10-16(22)19-2)14-5-3-4-13(18)9-14/h3-9H,10H2,1-2H3,(H,19,22). The number of nitrogens with zero attached hydrogens (tertiary/aromatic N) is 2. The minimum Gasteiger partial charge on any atom is -0.358 e. The minimum absolute atomic E-state index is 0.0328. The van der Waals surface area contributed by atoms with Crippen LogP contribution in [0.3, 0.4) is 0 Å². The molecule has 0 unspecified atom stereocenters. The Morgan fingerprint density at radius 3 is 2.56 bits per heavy atom. The number of aryl methyl sites for hydroxylation is 1. The molecule has 0 aliphatic carbocycles. The van der Waals surface area contributed by atoms with Crippen LogP contribution in [0.25, 0.3) is 0 Å². The number of nitro groups is 1. The number of halogens is 1. The third-order valence-corrected chi connectivity index (χ3v) is 3.60. The van der Waals surface area contributed by atoms with E-state index in [4.69, 9.17) is 0 Å². The Morgan fingerprint density at radius 2 is 1.96 bits per heavy atom. The molecular formula is C17H16FN3O4. The number of rotatable bonds is 5. The van der Waals surface area contributed by atoms with Gasteiger partial charge in [0.2, 0.25) is 5.91 Å². The zero-order valence-corrected chi connectivity index (χ0v) is 13.7. The van der Waals surface area contributed by atoms with Crippen LogP contribution in [0.4, 0.5) is 15.8 Å². The maximum Gasteiger partial charge on any atom is 0.273 e. The Bertz CT molecular complexity index is 838. The molecule has 0 fully saturated rings. The van der Waals surface area contributed by atoms with Crippen molar-refractivity contribution in [2.75, 3.05) is 18.5 Å². The Hall–Kier alpha value is -3.29. The van der Waals surface area contributed by atoms with Crippen molar-refractivity contribution in [2.24, 2.45) is 0 Å². The van der Waals surface area contributed by atoms with Crippen LogP contribution in [0.1, 0.15) is 15.9 Å². The van der Waals surface area contributed by atoms with Gasteiger partial charge in [-0.25, -0.2) is 4.39 Å². The van der Waals surface area contributed by atoms with Gasteiger partial charge in [-0.05, 0) is 31.2 Å². The highest BCUT2D eigenvalue weighted by atomic mass is 19.1. The molecule has 0 aromatic heterocycles. The number of nitro benzene ring substituents is 1. The summed E-state index contributed by atoms with van der Waals surface area (Å²) in [6.07, 6.45) is 0. The van der Waals surface area contributed by atoms with Crippen LogP contribution in [0.2, 0.25) is 0 Å². The van der Waals surface area contributed by atoms with E-state index in [-0.39, 0.29) is 23.5 Å². The van der Waals surface area contributed by atoms with Gasteiger partial charge in [-0.2, -0.15) is 0 Å². The first-order valence-electron chi connectivity index (χ1n) is 7.36. The van der Waals surface area contributed by atoms with Gasteiger partial charge in [-0.15, -0.1) is 0 Å². The van der Waals surface area contributed by atoms with Crippen molar-refractivity contribution in [1.82, 2.24) is 5.32 Å². The topological polar surface area (TPSA) is 92.6 Å². The van der Waals surface area contributed by atoms with Gasteiger partial charge in [0.25, 0.3) is 11.6 Å². The molecule has 2 aromatic carbocycles. The van der Waals surface area contributed by atoms with Crippen molar-refractivity contribution in [1.29, 1.82) is 0 Å². The lowest BCUT2D eigenvalue weighted by molar-refractivity contribution is -0.385. The lowest BCUT2D eigenvalue weighted by Gasteiger charge is -2.22. The maximum atomic E-state index is 13.5. The van der Waals surface area contributed by atoms with E-state index < -0.39 is 22.6 Å². The van der Waals surface area contributed by atoms with E-state index in [1.165, 1.54) is 37.4 Å². The first kappa shape index (κ1) is 18.1. The van der Waals surface area contributed by atoms with Gasteiger partial charge < -0.3 is 5.32 Å². The molecule has 0 bridgehead atoms. The molecule has 7 nitrogen and oxygen atoms in total. The quantitative estimate of drug-likeness (QED) is 0.665. The van der Waals surface area contributed by atoms with Gasteiger partial charge in [0.15, 0.2) is 0 Å². The van der Waals surface area contributed by atoms with Crippen molar-refractivity contribution >= 4 is 23.2 Å². The zero-order valence-electron chi connectivity index (χ0n) is 13.7. The number of anilines is 1. The second-order valence-corrected chi connectivity index (χ2v) is 5.30. The van der Waals surface area contributed by atoms with Gasteiger partial charge in [0.1, 0.15) is 12.4 Å². The summed E-state index contributed by atoms with van der Waals surface area (Å²) >= 11 is 0. The summed E-state index contributed by atoms with van der Waals surface area (Å²) in [5, 5.41) is 13.5. The highest BCUT2D eigenvalue weighted by molar-refractivity contribution is 6.09. The summed E-state index contributed by atoms with van der Waals surface area (Å²) in [5.41, 5.74) is 0.414. The molecule has 0 radical (unpaired) electrons. The fraction of sp³-hybridized carbons (Fsp3) is 0.176. The number of carbonyl (C=O) groups is 2. The van der Waals surface area contributed by atoms with Crippen molar-refractivity contribution in [3.05, 3.63) is 69.5 Å². The average Bonchev–Trinajstić information content (AvgIpc) is 2.59. The SMILES string of the molecule is CNC(=O)CN(C(=O)c1ccc(C)c([N+](=O)[O-])c1)c1cccc(F)c1. The highest BCUT2D eigenvalue weighted by Gasteiger charge is 2.23. The predicted octanol–water partition coefficient (Wildman–Crippen LogP) is 2.44. The summed E-state index contributed by atoms with van der Waals surface area (Å²) in [7, 11) is 1.41. The van der Waals surface area contributed by atoms with E-state index in [1.54, 1.807) is 6.92 Å². The molecular weight excluding hydrogens is 329 g/mol. The van der Waals surface area contributed by atoms with Gasteiger partial charge in [0.05, 0.1) is 4.92 Å². The first-order valence-corrected chi connectivity index (χ1v) is 7.36. The Morgan fingerprint density at radius 1 is 1.24 bits per heavy atom. The second kappa shape index (κ2) is 7.52. The smallest absolute Gasteiger partial charge is 0.273 e. The van der Waals surface area contributed by atoms with Crippen LogP contribution in [0.15, 0.2) is 42.5 Å². The van der Waals surface area contributed by atoms with Crippen LogP contribution < -0.4 is 10.2 Å². The minimum atomic E-state index is -0.641. The summed E-state index contributed by atoms with van der Waals surface area (Å²) in [5.74, 6) is -1.67. The van der Waals surface area contributed by atoms with Crippen LogP contribution in [0, 0.1) is 22.9 Å². The van der Waals surface area contributed by atoms with Gasteiger partial charge in [-0.1, -0.05) is 12.1 Å². The molecule has 0 saturated carbocycles. The van der Waals surface area contributed by atoms with Crippen LogP contribution in [0.5, 0.6) is 0 Å². The molecule has 2 amide bonds. The Labute approximate surface area is 143 Å². The molecule has 130 valence electrons. The van der Waals surface area contributed by atoms with Crippen LogP contribution in [-0.2, 0) is 4.79 Å². The molecule has 0 aliphatic heterocycles. The van der Waals surface area contributed by atoms with Crippen molar-refractivity contribution in [3.63, 3.8) is 0 Å². The van der Waals surface area contributed by atoms with E-state index in [0.717, 1.165) is 17.0 Å². The van der Waals surface area contributed by atoms with Gasteiger partial charge in [0, 0.05) is 29.9 Å². The number of amides is 2. The molecule has 0 atom stereocenters. The largest absolute Gasteiger partial charge is 0.358 e. The Balaban J connectivity index is 2.46. The number of hydrogen-bond acceptors (Lipinski definition) is 4. The average molecular weight is 345 g/mol. The fourth-order valence-corrected chi connectivity index (χ4v) is 2.24. The summed E-state index contributed by atoms with van der Waals surface area (Å²) in [6.45, 7) is 1.21. The maximum absolute atomic E-state index is 13.5. The van der Waals surface area contributed by atoms with E-state index >= 15 is 0 Å². The summed E-state index contributed by atoms with van der Waals surface area (Å²) in [6, 6.07) is 9.24. The molecule has 0 spiro atoms. The number of nitrogens with one attached hydrogen (secondary N) is 1. The van der Waals surface area contributed by atoms with E-state index in [1.807, 2.05) is 0 Å². The monoisotopic (exact) mass is 345 g/mol. The van der Waals surface area contributed by atoms with Crippen LogP contribution >= 0.6 is 0 Å². The molecule has 1 N–H and O–H groups in total. The molecule has 0 aliphatic rings. The molecule has 8 heteroatoms.